The van der Waals surface area contributed by atoms with Gasteiger partial charge in [-0.05, 0) is 53.6 Å². The summed E-state index contributed by atoms with van der Waals surface area (Å²) >= 11 is 1.97. The molecule has 0 amide bonds. The standard InChI is InChI=1S/C19H21F3IN3O3S/c1-26-16(27)8-15(29-2)17(18(26)24-14-4-3-12(23)7-13(14)22)25-30(28)19(5-6-19)9-11(21)10-20/h3-4,7-8,11,24-25H,5-6,9-10H2,1-2H3/t11-,30?/m1/s1. The van der Waals surface area contributed by atoms with Gasteiger partial charge in [0.2, 0.25) is 0 Å². The molecule has 3 rings (SSSR count). The molecule has 1 fully saturated rings. The van der Waals surface area contributed by atoms with Crippen molar-refractivity contribution in [3.05, 3.63) is 44.0 Å². The van der Waals surface area contributed by atoms with E-state index in [-0.39, 0.29) is 29.4 Å². The second-order valence-corrected chi connectivity index (χ2v) is 9.95. The number of benzene rings is 1. The minimum absolute atomic E-state index is 0.0953. The zero-order valence-electron chi connectivity index (χ0n) is 16.3. The number of rotatable bonds is 9. The fraction of sp³-hybridized carbons (Fsp3) is 0.421. The molecule has 11 heteroatoms. The molecule has 2 N–H and O–H groups in total. The number of pyridine rings is 1. The van der Waals surface area contributed by atoms with Crippen LogP contribution < -0.4 is 20.3 Å². The van der Waals surface area contributed by atoms with Crippen LogP contribution in [0.1, 0.15) is 19.3 Å². The Bertz CT molecular complexity index is 1030. The van der Waals surface area contributed by atoms with Crippen LogP contribution in [0.2, 0.25) is 0 Å². The number of nitrogens with zero attached hydrogens (tertiary/aromatic N) is 1. The van der Waals surface area contributed by atoms with Gasteiger partial charge in [-0.3, -0.25) is 14.1 Å². The van der Waals surface area contributed by atoms with Gasteiger partial charge in [-0.1, -0.05) is 0 Å². The van der Waals surface area contributed by atoms with E-state index in [2.05, 4.69) is 10.0 Å². The van der Waals surface area contributed by atoms with E-state index >= 15 is 0 Å². The second-order valence-electron chi connectivity index (χ2n) is 7.09. The first-order chi connectivity index (χ1) is 14.2. The highest BCUT2D eigenvalue weighted by molar-refractivity contribution is 14.1. The Balaban J connectivity index is 2.00. The van der Waals surface area contributed by atoms with Crippen molar-refractivity contribution >= 4 is 50.8 Å². The van der Waals surface area contributed by atoms with E-state index in [1.807, 2.05) is 22.6 Å². The fourth-order valence-electron chi connectivity index (χ4n) is 3.06. The van der Waals surface area contributed by atoms with E-state index in [4.69, 9.17) is 4.74 Å². The highest BCUT2D eigenvalue weighted by atomic mass is 127. The monoisotopic (exact) mass is 555 g/mol. The normalized spacial score (nSPS) is 16.6. The van der Waals surface area contributed by atoms with Gasteiger partial charge in [0.25, 0.3) is 5.56 Å². The van der Waals surface area contributed by atoms with Crippen LogP contribution in [0.3, 0.4) is 0 Å². The number of hydrogen-bond acceptors (Lipinski definition) is 4. The van der Waals surface area contributed by atoms with Gasteiger partial charge in [0.15, 0.2) is 5.75 Å². The van der Waals surface area contributed by atoms with Crippen molar-refractivity contribution < 1.29 is 22.1 Å². The van der Waals surface area contributed by atoms with Crippen molar-refractivity contribution in [2.75, 3.05) is 23.8 Å². The first-order valence-corrected chi connectivity index (χ1v) is 11.3. The maximum Gasteiger partial charge on any atom is 0.255 e. The fourth-order valence-corrected chi connectivity index (χ4v) is 4.92. The second kappa shape index (κ2) is 9.16. The highest BCUT2D eigenvalue weighted by Crippen LogP contribution is 2.47. The molecule has 1 unspecified atom stereocenters. The maximum atomic E-state index is 14.4. The summed E-state index contributed by atoms with van der Waals surface area (Å²) in [5.74, 6) is -0.310. The summed E-state index contributed by atoms with van der Waals surface area (Å²) in [5, 5.41) is 2.85. The summed E-state index contributed by atoms with van der Waals surface area (Å²) in [6.07, 6.45) is -0.907. The highest BCUT2D eigenvalue weighted by Gasteiger charge is 2.51. The molecule has 0 bridgehead atoms. The number of methoxy groups -OCH3 is 1. The van der Waals surface area contributed by atoms with Gasteiger partial charge < -0.3 is 10.1 Å². The summed E-state index contributed by atoms with van der Waals surface area (Å²) in [5.41, 5.74) is -0.160. The molecule has 1 aliphatic carbocycles. The summed E-state index contributed by atoms with van der Waals surface area (Å²) in [4.78, 5) is 12.3. The topological polar surface area (TPSA) is 72.4 Å². The van der Waals surface area contributed by atoms with Crippen molar-refractivity contribution in [1.82, 2.24) is 4.57 Å². The zero-order valence-corrected chi connectivity index (χ0v) is 19.3. The molecule has 0 aliphatic heterocycles. The van der Waals surface area contributed by atoms with E-state index in [0.717, 1.165) is 0 Å². The van der Waals surface area contributed by atoms with Gasteiger partial charge >= 0.3 is 0 Å². The Hall–Kier alpha value is -1.76. The third-order valence-electron chi connectivity index (χ3n) is 4.96. The lowest BCUT2D eigenvalue weighted by Gasteiger charge is -2.22. The molecule has 1 aliphatic rings. The van der Waals surface area contributed by atoms with Gasteiger partial charge in [0.05, 0.1) is 17.5 Å². The summed E-state index contributed by atoms with van der Waals surface area (Å²) in [6, 6.07) is 5.73. The molecule has 0 radical (unpaired) electrons. The van der Waals surface area contributed by atoms with Crippen molar-refractivity contribution in [1.29, 1.82) is 0 Å². The van der Waals surface area contributed by atoms with Crippen LogP contribution in [-0.4, -0.2) is 33.5 Å². The quantitative estimate of drug-likeness (QED) is 0.456. The average molecular weight is 555 g/mol. The molecule has 1 aromatic carbocycles. The molecule has 1 heterocycles. The smallest absolute Gasteiger partial charge is 0.255 e. The molecule has 0 spiro atoms. The summed E-state index contributed by atoms with van der Waals surface area (Å²) in [7, 11) is 1.02. The van der Waals surface area contributed by atoms with Crippen molar-refractivity contribution in [2.45, 2.75) is 30.2 Å². The Labute approximate surface area is 187 Å². The van der Waals surface area contributed by atoms with Gasteiger partial charge in [0, 0.05) is 23.1 Å². The SMILES string of the molecule is COc1cc(=O)n(C)c(Nc2ccc(I)cc2F)c1NS(=O)C1(C[C@@H](F)CF)CC1. The Morgan fingerprint density at radius 1 is 1.37 bits per heavy atom. The molecular weight excluding hydrogens is 534 g/mol. The molecule has 0 saturated heterocycles. The largest absolute Gasteiger partial charge is 0.494 e. The average Bonchev–Trinajstić information content (AvgIpc) is 3.49. The van der Waals surface area contributed by atoms with E-state index in [1.165, 1.54) is 36.9 Å². The van der Waals surface area contributed by atoms with Crippen molar-refractivity contribution in [3.8, 4) is 5.75 Å². The third-order valence-corrected chi connectivity index (χ3v) is 7.39. The minimum Gasteiger partial charge on any atom is -0.494 e. The maximum absolute atomic E-state index is 14.4. The van der Waals surface area contributed by atoms with Crippen LogP contribution in [-0.2, 0) is 18.0 Å². The molecule has 30 heavy (non-hydrogen) atoms. The van der Waals surface area contributed by atoms with Crippen LogP contribution >= 0.6 is 22.6 Å². The first kappa shape index (κ1) is 22.9. The van der Waals surface area contributed by atoms with Gasteiger partial charge in [-0.25, -0.2) is 17.4 Å². The summed E-state index contributed by atoms with van der Waals surface area (Å²) < 4.78 is 62.7. The van der Waals surface area contributed by atoms with E-state index < -0.39 is 40.0 Å². The molecule has 1 aromatic heterocycles. The Kier molecular flexibility index (Phi) is 7.00. The first-order valence-electron chi connectivity index (χ1n) is 9.09. The number of ether oxygens (including phenoxy) is 1. The van der Waals surface area contributed by atoms with E-state index in [1.54, 1.807) is 6.07 Å². The number of aromatic nitrogens is 1. The molecule has 1 saturated carbocycles. The molecular formula is C19H21F3IN3O3S. The number of hydrogen-bond donors (Lipinski definition) is 2. The van der Waals surface area contributed by atoms with Crippen LogP contribution in [0, 0.1) is 9.39 Å². The lowest BCUT2D eigenvalue weighted by Crippen LogP contribution is -2.29. The molecule has 2 aromatic rings. The number of nitrogens with one attached hydrogen (secondary N) is 2. The van der Waals surface area contributed by atoms with Crippen molar-refractivity contribution in [2.24, 2.45) is 7.05 Å². The van der Waals surface area contributed by atoms with Crippen molar-refractivity contribution in [3.63, 3.8) is 0 Å². The number of anilines is 3. The number of alkyl halides is 2. The van der Waals surface area contributed by atoms with Gasteiger partial charge in [0.1, 0.15) is 41.2 Å². The zero-order chi connectivity index (χ0) is 22.1. The van der Waals surface area contributed by atoms with Crippen LogP contribution in [0.4, 0.5) is 30.4 Å². The van der Waals surface area contributed by atoms with E-state index in [9.17, 15) is 22.2 Å². The number of halogens is 4. The van der Waals surface area contributed by atoms with Crippen LogP contribution in [0.5, 0.6) is 5.75 Å². The molecule has 6 nitrogen and oxygen atoms in total. The Morgan fingerprint density at radius 2 is 2.07 bits per heavy atom. The lowest BCUT2D eigenvalue weighted by molar-refractivity contribution is 0.243. The molecule has 2 atom stereocenters. The van der Waals surface area contributed by atoms with E-state index in [0.29, 0.717) is 16.4 Å². The summed E-state index contributed by atoms with van der Waals surface area (Å²) in [6.45, 7) is -1.14. The lowest BCUT2D eigenvalue weighted by atomic mass is 10.2. The Morgan fingerprint density at radius 3 is 2.63 bits per heavy atom. The minimum atomic E-state index is -1.78. The van der Waals surface area contributed by atoms with Crippen LogP contribution in [0.25, 0.3) is 0 Å². The molecule has 164 valence electrons. The predicted molar refractivity (Wildman–Crippen MR) is 120 cm³/mol. The van der Waals surface area contributed by atoms with Gasteiger partial charge in [-0.15, -0.1) is 0 Å². The predicted octanol–water partition coefficient (Wildman–Crippen LogP) is 4.19. The van der Waals surface area contributed by atoms with Gasteiger partial charge in [-0.2, -0.15) is 0 Å². The van der Waals surface area contributed by atoms with Crippen LogP contribution in [0.15, 0.2) is 29.1 Å². The third kappa shape index (κ3) is 4.76.